The van der Waals surface area contributed by atoms with Crippen LogP contribution in [0.25, 0.3) is 0 Å². The smallest absolute Gasteiger partial charge is 0.120 e. The highest BCUT2D eigenvalue weighted by Crippen LogP contribution is 2.29. The molecule has 1 aromatic rings. The molecule has 1 unspecified atom stereocenters. The van der Waals surface area contributed by atoms with Gasteiger partial charge in [0.05, 0.1) is 0 Å². The van der Waals surface area contributed by atoms with E-state index in [1.165, 1.54) is 12.8 Å². The number of halogens is 1. The van der Waals surface area contributed by atoms with Crippen LogP contribution in [-0.4, -0.2) is 36.2 Å². The summed E-state index contributed by atoms with van der Waals surface area (Å²) in [5.74, 6) is 0.373. The summed E-state index contributed by atoms with van der Waals surface area (Å²) in [6.07, 6.45) is 3.66. The van der Waals surface area contributed by atoms with Crippen molar-refractivity contribution in [2.45, 2.75) is 38.3 Å². The van der Waals surface area contributed by atoms with Gasteiger partial charge in [-0.25, -0.2) is 0 Å². The first-order valence-electron chi connectivity index (χ1n) is 7.04. The maximum absolute atomic E-state index is 9.97. The molecule has 0 saturated heterocycles. The van der Waals surface area contributed by atoms with Gasteiger partial charge < -0.3 is 15.3 Å². The van der Waals surface area contributed by atoms with E-state index in [0.29, 0.717) is 5.75 Å². The first-order chi connectivity index (χ1) is 9.11. The van der Waals surface area contributed by atoms with Crippen LogP contribution in [0.15, 0.2) is 22.7 Å². The van der Waals surface area contributed by atoms with Crippen molar-refractivity contribution in [3.8, 4) is 5.75 Å². The predicted octanol–water partition coefficient (Wildman–Crippen LogP) is 3.29. The van der Waals surface area contributed by atoms with Crippen LogP contribution in [0.5, 0.6) is 5.75 Å². The van der Waals surface area contributed by atoms with Gasteiger partial charge in [0, 0.05) is 35.2 Å². The van der Waals surface area contributed by atoms with E-state index in [1.54, 1.807) is 6.07 Å². The van der Waals surface area contributed by atoms with Gasteiger partial charge >= 0.3 is 0 Å². The third-order valence-electron chi connectivity index (χ3n) is 3.80. The number of likely N-dealkylation sites (N-methyl/N-ethyl adjacent to an activating group) is 1. The molecule has 0 aromatic heterocycles. The van der Waals surface area contributed by atoms with Gasteiger partial charge in [0.15, 0.2) is 0 Å². The van der Waals surface area contributed by atoms with Crippen LogP contribution in [0.3, 0.4) is 0 Å². The Morgan fingerprint density at radius 1 is 1.47 bits per heavy atom. The molecule has 0 bridgehead atoms. The van der Waals surface area contributed by atoms with E-state index in [1.807, 2.05) is 12.1 Å². The van der Waals surface area contributed by atoms with Gasteiger partial charge in [-0.05, 0) is 44.5 Å². The first kappa shape index (κ1) is 14.8. The van der Waals surface area contributed by atoms with E-state index in [2.05, 4.69) is 40.1 Å². The fourth-order valence-electron chi connectivity index (χ4n) is 2.39. The van der Waals surface area contributed by atoms with Crippen LogP contribution in [0.4, 0.5) is 0 Å². The lowest BCUT2D eigenvalue weighted by molar-refractivity contribution is 0.312. The van der Waals surface area contributed by atoms with Crippen molar-refractivity contribution in [2.24, 2.45) is 0 Å². The standard InChI is InChI=1S/C15H23BrN2O/c1-3-14(13-10-11(16)4-7-15(13)19)17-8-9-18(2)12-5-6-12/h4,7,10,12,14,17,19H,3,5-6,8-9H2,1-2H3. The molecule has 0 radical (unpaired) electrons. The summed E-state index contributed by atoms with van der Waals surface area (Å²) >= 11 is 3.47. The molecule has 0 amide bonds. The molecule has 4 heteroatoms. The lowest BCUT2D eigenvalue weighted by Crippen LogP contribution is -2.32. The number of nitrogens with zero attached hydrogens (tertiary/aromatic N) is 1. The fourth-order valence-corrected chi connectivity index (χ4v) is 2.77. The molecule has 106 valence electrons. The largest absolute Gasteiger partial charge is 0.508 e. The highest BCUT2D eigenvalue weighted by molar-refractivity contribution is 9.10. The Hall–Kier alpha value is -0.580. The van der Waals surface area contributed by atoms with Crippen molar-refractivity contribution in [1.82, 2.24) is 10.2 Å². The SMILES string of the molecule is CCC(NCCN(C)C1CC1)c1cc(Br)ccc1O. The lowest BCUT2D eigenvalue weighted by Gasteiger charge is -2.21. The summed E-state index contributed by atoms with van der Waals surface area (Å²) in [4.78, 5) is 2.42. The van der Waals surface area contributed by atoms with Crippen LogP contribution in [0.1, 0.15) is 37.8 Å². The molecular formula is C15H23BrN2O. The fraction of sp³-hybridized carbons (Fsp3) is 0.600. The Labute approximate surface area is 124 Å². The van der Waals surface area contributed by atoms with E-state index in [-0.39, 0.29) is 6.04 Å². The molecule has 0 heterocycles. The summed E-state index contributed by atoms with van der Waals surface area (Å²) in [6.45, 7) is 4.16. The zero-order valence-corrected chi connectivity index (χ0v) is 13.3. The zero-order chi connectivity index (χ0) is 13.8. The second-order valence-corrected chi connectivity index (χ2v) is 6.25. The number of aromatic hydroxyl groups is 1. The monoisotopic (exact) mass is 326 g/mol. The Bertz CT molecular complexity index is 421. The number of benzene rings is 1. The highest BCUT2D eigenvalue weighted by Gasteiger charge is 2.25. The molecule has 3 nitrogen and oxygen atoms in total. The summed E-state index contributed by atoms with van der Waals surface area (Å²) in [5.41, 5.74) is 0.978. The molecule has 1 saturated carbocycles. The normalized spacial score (nSPS) is 16.8. The number of nitrogens with one attached hydrogen (secondary N) is 1. The molecule has 0 spiro atoms. The Balaban J connectivity index is 1.89. The van der Waals surface area contributed by atoms with Gasteiger partial charge in [0.1, 0.15) is 5.75 Å². The molecule has 1 atom stereocenters. The van der Waals surface area contributed by atoms with Gasteiger partial charge in [0.2, 0.25) is 0 Å². The minimum atomic E-state index is 0.213. The number of phenols is 1. The topological polar surface area (TPSA) is 35.5 Å². The number of hydrogen-bond acceptors (Lipinski definition) is 3. The molecule has 1 aliphatic rings. The molecular weight excluding hydrogens is 304 g/mol. The lowest BCUT2D eigenvalue weighted by atomic mass is 10.0. The van der Waals surface area contributed by atoms with Gasteiger partial charge in [-0.2, -0.15) is 0 Å². The summed E-state index contributed by atoms with van der Waals surface area (Å²) in [6, 6.07) is 6.64. The molecule has 19 heavy (non-hydrogen) atoms. The van der Waals surface area contributed by atoms with E-state index >= 15 is 0 Å². The molecule has 1 aliphatic carbocycles. The first-order valence-corrected chi connectivity index (χ1v) is 7.83. The van der Waals surface area contributed by atoms with Crippen molar-refractivity contribution in [1.29, 1.82) is 0 Å². The second-order valence-electron chi connectivity index (χ2n) is 5.33. The average molecular weight is 327 g/mol. The maximum Gasteiger partial charge on any atom is 0.120 e. The molecule has 1 fully saturated rings. The van der Waals surface area contributed by atoms with Crippen LogP contribution in [0, 0.1) is 0 Å². The number of rotatable bonds is 7. The van der Waals surface area contributed by atoms with Crippen molar-refractivity contribution >= 4 is 15.9 Å². The van der Waals surface area contributed by atoms with Crippen LogP contribution >= 0.6 is 15.9 Å². The van der Waals surface area contributed by atoms with Gasteiger partial charge in [-0.15, -0.1) is 0 Å². The van der Waals surface area contributed by atoms with Crippen molar-refractivity contribution < 1.29 is 5.11 Å². The molecule has 2 N–H and O–H groups in total. The highest BCUT2D eigenvalue weighted by atomic mass is 79.9. The van der Waals surface area contributed by atoms with Crippen LogP contribution in [0.2, 0.25) is 0 Å². The van der Waals surface area contributed by atoms with E-state index in [9.17, 15) is 5.11 Å². The van der Waals surface area contributed by atoms with E-state index in [4.69, 9.17) is 0 Å². The predicted molar refractivity (Wildman–Crippen MR) is 82.5 cm³/mol. The zero-order valence-electron chi connectivity index (χ0n) is 11.7. The van der Waals surface area contributed by atoms with Crippen LogP contribution < -0.4 is 5.32 Å². The van der Waals surface area contributed by atoms with Gasteiger partial charge in [0.25, 0.3) is 0 Å². The Morgan fingerprint density at radius 3 is 2.84 bits per heavy atom. The second kappa shape index (κ2) is 6.73. The van der Waals surface area contributed by atoms with Crippen LogP contribution in [-0.2, 0) is 0 Å². The molecule has 2 rings (SSSR count). The number of hydrogen-bond donors (Lipinski definition) is 2. The van der Waals surface area contributed by atoms with Gasteiger partial charge in [-0.1, -0.05) is 22.9 Å². The third-order valence-corrected chi connectivity index (χ3v) is 4.29. The van der Waals surface area contributed by atoms with Crippen molar-refractivity contribution in [3.63, 3.8) is 0 Å². The summed E-state index contributed by atoms with van der Waals surface area (Å²) in [7, 11) is 2.19. The van der Waals surface area contributed by atoms with Gasteiger partial charge in [-0.3, -0.25) is 0 Å². The Morgan fingerprint density at radius 2 is 2.21 bits per heavy atom. The maximum atomic E-state index is 9.97. The summed E-state index contributed by atoms with van der Waals surface area (Å²) in [5, 5.41) is 13.5. The third kappa shape index (κ3) is 4.20. The minimum absolute atomic E-state index is 0.213. The molecule has 0 aliphatic heterocycles. The van der Waals surface area contributed by atoms with E-state index in [0.717, 1.165) is 35.6 Å². The summed E-state index contributed by atoms with van der Waals surface area (Å²) < 4.78 is 1.01. The van der Waals surface area contributed by atoms with E-state index < -0.39 is 0 Å². The number of phenolic OH excluding ortho intramolecular Hbond substituents is 1. The van der Waals surface area contributed by atoms with Crippen molar-refractivity contribution in [2.75, 3.05) is 20.1 Å². The minimum Gasteiger partial charge on any atom is -0.508 e. The quantitative estimate of drug-likeness (QED) is 0.807. The Kier molecular flexibility index (Phi) is 5.25. The average Bonchev–Trinajstić information content (AvgIpc) is 3.22. The van der Waals surface area contributed by atoms with Crippen molar-refractivity contribution in [3.05, 3.63) is 28.2 Å². The molecule has 1 aromatic carbocycles.